The number of nitrogens with one attached hydrogen (secondary N) is 1. The Kier molecular flexibility index (Phi) is 19.9. The molecule has 0 spiro atoms. The molecular formula is C49H61Br2N5O8. The van der Waals surface area contributed by atoms with Crippen molar-refractivity contribution >= 4 is 61.6 Å². The molecule has 2 unspecified atom stereocenters. The first kappa shape index (κ1) is 54.5. The van der Waals surface area contributed by atoms with E-state index in [9.17, 15) is 19.2 Å². The maximum Gasteiger partial charge on any atom is 0.411 e. The molecule has 1 aromatic heterocycles. The highest BCUT2D eigenvalue weighted by atomic mass is 79.9. The van der Waals surface area contributed by atoms with E-state index in [-0.39, 0.29) is 57.5 Å². The Morgan fingerprint density at radius 1 is 0.703 bits per heavy atom. The summed E-state index contributed by atoms with van der Waals surface area (Å²) in [5, 5.41) is 7.42. The number of aliphatic carboxylic acids is 1. The van der Waals surface area contributed by atoms with Crippen LogP contribution < -0.4 is 6.15 Å². The molecule has 0 bridgehead atoms. The van der Waals surface area contributed by atoms with Crippen molar-refractivity contribution in [3.63, 3.8) is 0 Å². The van der Waals surface area contributed by atoms with Gasteiger partial charge in [0.15, 0.2) is 11.6 Å². The van der Waals surface area contributed by atoms with Crippen molar-refractivity contribution in [3.8, 4) is 11.3 Å². The summed E-state index contributed by atoms with van der Waals surface area (Å²) in [6.07, 6.45) is 1.11. The van der Waals surface area contributed by atoms with Gasteiger partial charge in [-0.1, -0.05) is 120 Å². The zero-order valence-electron chi connectivity index (χ0n) is 35.9. The van der Waals surface area contributed by atoms with E-state index in [1.165, 1.54) is 4.90 Å². The molecule has 0 saturated carbocycles. The summed E-state index contributed by atoms with van der Waals surface area (Å²) in [5.41, 5.74) is 5.23. The van der Waals surface area contributed by atoms with E-state index in [0.717, 1.165) is 55.2 Å². The summed E-state index contributed by atoms with van der Waals surface area (Å²) in [6.45, 7) is 12.9. The topological polar surface area (TPSA) is 194 Å². The molecule has 0 fully saturated rings. The molecule has 5 aromatic rings. The molecule has 2 aliphatic heterocycles. The van der Waals surface area contributed by atoms with Gasteiger partial charge in [-0.3, -0.25) is 24.2 Å². The van der Waals surface area contributed by atoms with Crippen LogP contribution in [0.3, 0.4) is 0 Å². The summed E-state index contributed by atoms with van der Waals surface area (Å²) in [5.74, 6) is -0.360. The summed E-state index contributed by atoms with van der Waals surface area (Å²) in [6, 6.07) is 29.7. The predicted octanol–water partition coefficient (Wildman–Crippen LogP) is 12.7. The lowest BCUT2D eigenvalue weighted by molar-refractivity contribution is -0.134. The van der Waals surface area contributed by atoms with Gasteiger partial charge in [-0.05, 0) is 93.6 Å². The molecule has 0 saturated heterocycles. The van der Waals surface area contributed by atoms with E-state index in [1.807, 2.05) is 99.8 Å². The molecular weight excluding hydrogens is 946 g/mol. The number of aromatic nitrogens is 2. The van der Waals surface area contributed by atoms with E-state index < -0.39 is 29.3 Å². The van der Waals surface area contributed by atoms with Crippen LogP contribution in [-0.4, -0.2) is 65.8 Å². The summed E-state index contributed by atoms with van der Waals surface area (Å²) < 4.78 is 13.1. The van der Waals surface area contributed by atoms with Crippen molar-refractivity contribution in [2.24, 2.45) is 0 Å². The molecule has 15 heteroatoms. The van der Waals surface area contributed by atoms with Crippen molar-refractivity contribution in [1.82, 2.24) is 25.9 Å². The molecule has 5 N–H and O–H groups in total. The standard InChI is InChI=1S/C23H24BrNO4.C22H22BrN3O2.C2H4O2.2CH4.H3N/c1-23(2,3)29-22(28)25-14-16-6-4-5-7-18(16)21(25)20(27)13-12-19(26)15-8-10-17(24)11-9-15;1-22(2,3)28-21(27)26-13-15-6-4-5-7-17(15)19(26)20-24-12-18(25-20)14-8-10-16(23)11-9-14;1-2(3)4;;;/h4-11,21H,12-14H2,1-3H3;4-12,19H,13H2,1-3H3,(H,24,25);1H3,(H,3,4);2*1H4;1H3. The number of benzene rings is 4. The fourth-order valence-corrected chi connectivity index (χ4v) is 7.33. The minimum absolute atomic E-state index is 0. The van der Waals surface area contributed by atoms with E-state index in [4.69, 9.17) is 19.4 Å². The van der Waals surface area contributed by atoms with Crippen LogP contribution in [0.15, 0.2) is 112 Å². The van der Waals surface area contributed by atoms with Gasteiger partial charge in [0.2, 0.25) is 0 Å². The van der Waals surface area contributed by atoms with E-state index in [2.05, 4.69) is 41.8 Å². The number of amides is 2. The largest absolute Gasteiger partial charge is 0.481 e. The molecule has 344 valence electrons. The Bertz CT molecular complexity index is 2370. The number of aromatic amines is 1. The number of hydrogen-bond donors (Lipinski definition) is 3. The number of ether oxygens (including phenoxy) is 2. The Morgan fingerprint density at radius 3 is 1.69 bits per heavy atom. The van der Waals surface area contributed by atoms with Crippen molar-refractivity contribution in [2.45, 2.75) is 113 Å². The number of H-pyrrole nitrogens is 1. The van der Waals surface area contributed by atoms with Gasteiger partial charge in [0, 0.05) is 34.3 Å². The molecule has 64 heavy (non-hydrogen) atoms. The second-order valence-electron chi connectivity index (χ2n) is 16.5. The number of fused-ring (bicyclic) bond motifs is 2. The second-order valence-corrected chi connectivity index (χ2v) is 18.4. The molecule has 0 radical (unpaired) electrons. The number of imidazole rings is 1. The van der Waals surface area contributed by atoms with Crippen LogP contribution in [0.2, 0.25) is 0 Å². The molecule has 13 nitrogen and oxygen atoms in total. The lowest BCUT2D eigenvalue weighted by Crippen LogP contribution is -2.38. The minimum atomic E-state index is -0.833. The second kappa shape index (κ2) is 23.3. The van der Waals surface area contributed by atoms with Crippen LogP contribution in [0, 0.1) is 0 Å². The number of carbonyl (C=O) groups excluding carboxylic acids is 4. The van der Waals surface area contributed by atoms with Crippen LogP contribution >= 0.6 is 31.9 Å². The van der Waals surface area contributed by atoms with Crippen molar-refractivity contribution < 1.29 is 38.6 Å². The van der Waals surface area contributed by atoms with Gasteiger partial charge >= 0.3 is 12.2 Å². The Morgan fingerprint density at radius 2 is 1.16 bits per heavy atom. The summed E-state index contributed by atoms with van der Waals surface area (Å²) in [4.78, 5) is 71.3. The van der Waals surface area contributed by atoms with E-state index in [1.54, 1.807) is 49.9 Å². The summed E-state index contributed by atoms with van der Waals surface area (Å²) >= 11 is 6.80. The van der Waals surface area contributed by atoms with Gasteiger partial charge in [-0.2, -0.15) is 0 Å². The van der Waals surface area contributed by atoms with Gasteiger partial charge < -0.3 is 25.7 Å². The van der Waals surface area contributed by atoms with E-state index >= 15 is 0 Å². The van der Waals surface area contributed by atoms with Crippen molar-refractivity contribution in [1.29, 1.82) is 0 Å². The number of carboxylic acids is 1. The number of rotatable bonds is 7. The zero-order chi connectivity index (χ0) is 44.6. The van der Waals surface area contributed by atoms with Crippen LogP contribution in [0.5, 0.6) is 0 Å². The van der Waals surface area contributed by atoms with Gasteiger partial charge in [0.05, 0.1) is 25.0 Å². The predicted molar refractivity (Wildman–Crippen MR) is 257 cm³/mol. The van der Waals surface area contributed by atoms with Crippen LogP contribution in [0.25, 0.3) is 11.3 Å². The lowest BCUT2D eigenvalue weighted by Gasteiger charge is -2.28. The number of Topliss-reactive ketones (excluding diaryl/α,β-unsaturated/α-hetero) is 2. The molecule has 2 aliphatic rings. The first-order valence-electron chi connectivity index (χ1n) is 19.7. The van der Waals surface area contributed by atoms with Gasteiger partial charge in [0.1, 0.15) is 29.1 Å². The third kappa shape index (κ3) is 14.7. The number of carboxylic acid groups (broad SMARTS) is 1. The number of hydrogen-bond acceptors (Lipinski definition) is 9. The molecule has 7 rings (SSSR count). The van der Waals surface area contributed by atoms with Crippen LogP contribution in [0.4, 0.5) is 9.59 Å². The van der Waals surface area contributed by atoms with E-state index in [0.29, 0.717) is 18.7 Å². The maximum absolute atomic E-state index is 13.1. The van der Waals surface area contributed by atoms with Crippen molar-refractivity contribution in [3.05, 3.63) is 146 Å². The quantitative estimate of drug-likeness (QED) is 0.132. The minimum Gasteiger partial charge on any atom is -0.481 e. The van der Waals surface area contributed by atoms with Crippen LogP contribution in [0.1, 0.15) is 127 Å². The maximum atomic E-state index is 13.1. The van der Waals surface area contributed by atoms with Crippen LogP contribution in [-0.2, 0) is 32.2 Å². The highest BCUT2D eigenvalue weighted by Gasteiger charge is 2.41. The number of halogens is 2. The Balaban J connectivity index is 0.000000389. The number of ketones is 2. The molecule has 2 atom stereocenters. The molecule has 0 aliphatic carbocycles. The van der Waals surface area contributed by atoms with Crippen molar-refractivity contribution in [2.75, 3.05) is 0 Å². The third-order valence-corrected chi connectivity index (χ3v) is 10.4. The fourth-order valence-electron chi connectivity index (χ4n) is 6.80. The lowest BCUT2D eigenvalue weighted by atomic mass is 9.97. The van der Waals surface area contributed by atoms with Gasteiger partial charge in [-0.15, -0.1) is 0 Å². The average molecular weight is 1010 g/mol. The first-order valence-corrected chi connectivity index (χ1v) is 21.3. The zero-order valence-corrected chi connectivity index (χ0v) is 39.1. The number of carbonyl (C=O) groups is 5. The fraction of sp³-hybridized carbons (Fsp3) is 0.347. The Hall–Kier alpha value is -5.64. The third-order valence-electron chi connectivity index (χ3n) is 9.34. The Labute approximate surface area is 393 Å². The van der Waals surface area contributed by atoms with Gasteiger partial charge in [-0.25, -0.2) is 14.6 Å². The average Bonchev–Trinajstić information content (AvgIpc) is 3.92. The molecule has 2 amide bonds. The monoisotopic (exact) mass is 1010 g/mol. The summed E-state index contributed by atoms with van der Waals surface area (Å²) in [7, 11) is 0. The SMILES string of the molecule is C.C.CC(=O)O.CC(C)(C)OC(=O)N1Cc2ccccc2C1C(=O)CCC(=O)c1ccc(Br)cc1.CC(C)(C)OC(=O)N1Cc2ccccc2C1c1ncc(-c2ccc(Br)cc2)[nH]1.N. The molecule has 3 heterocycles. The van der Waals surface area contributed by atoms with Gasteiger partial charge in [0.25, 0.3) is 5.97 Å². The first-order chi connectivity index (χ1) is 28.7. The number of nitrogens with zero attached hydrogens (tertiary/aromatic N) is 3. The normalized spacial score (nSPS) is 14.6. The smallest absolute Gasteiger partial charge is 0.411 e. The highest BCUT2D eigenvalue weighted by Crippen LogP contribution is 2.39. The highest BCUT2D eigenvalue weighted by molar-refractivity contribution is 9.10. The molecule has 4 aromatic carbocycles.